The molecular weight excluding hydrogens is 340 g/mol. The molecule has 27 heavy (non-hydrogen) atoms. The van der Waals surface area contributed by atoms with Crippen LogP contribution in [0.15, 0.2) is 48.5 Å². The van der Waals surface area contributed by atoms with Gasteiger partial charge in [0.1, 0.15) is 17.3 Å². The largest absolute Gasteiger partial charge is 0.496 e. The number of carbonyl (C=O) groups is 1. The Morgan fingerprint density at radius 2 is 1.93 bits per heavy atom. The highest BCUT2D eigenvalue weighted by atomic mass is 16.5. The van der Waals surface area contributed by atoms with Gasteiger partial charge in [0.2, 0.25) is 0 Å². The van der Waals surface area contributed by atoms with Crippen molar-refractivity contribution in [3.05, 3.63) is 60.0 Å². The van der Waals surface area contributed by atoms with Gasteiger partial charge in [0.25, 0.3) is 5.91 Å². The number of rotatable bonds is 5. The molecule has 2 heterocycles. The Balaban J connectivity index is 1.62. The fourth-order valence-corrected chi connectivity index (χ4v) is 3.59. The second kappa shape index (κ2) is 6.79. The quantitative estimate of drug-likeness (QED) is 0.591. The number of methoxy groups -OCH3 is 1. The van der Waals surface area contributed by atoms with E-state index in [0.29, 0.717) is 12.2 Å². The maximum absolute atomic E-state index is 12.8. The molecule has 6 heteroatoms. The number of benzene rings is 2. The molecule has 0 saturated heterocycles. The first-order chi connectivity index (χ1) is 13.1. The van der Waals surface area contributed by atoms with Crippen molar-refractivity contribution in [3.63, 3.8) is 0 Å². The van der Waals surface area contributed by atoms with Crippen molar-refractivity contribution in [3.8, 4) is 5.75 Å². The zero-order chi connectivity index (χ0) is 19.0. The zero-order valence-electron chi connectivity index (χ0n) is 15.7. The Morgan fingerprint density at radius 1 is 1.15 bits per heavy atom. The molecule has 0 aliphatic carbocycles. The summed E-state index contributed by atoms with van der Waals surface area (Å²) >= 11 is 0. The monoisotopic (exact) mass is 362 g/mol. The van der Waals surface area contributed by atoms with Gasteiger partial charge in [-0.2, -0.15) is 0 Å². The number of aryl methyl sites for hydroxylation is 2. The molecule has 138 valence electrons. The van der Waals surface area contributed by atoms with Gasteiger partial charge in [-0.05, 0) is 37.3 Å². The molecule has 6 nitrogen and oxygen atoms in total. The number of ether oxygens (including phenoxy) is 1. The number of hydrogen-bond acceptors (Lipinski definition) is 3. The standard InChI is InChI=1S/C21H22N4O2/c1-4-25-17-9-6-5-8-15(17)23-20(25)13-22-21(26)18-12-14-16(24(18)2)10-7-11-19(14)27-3/h5-12H,4,13H2,1-3H3,(H,22,26). The van der Waals surface area contributed by atoms with Crippen molar-refractivity contribution in [2.45, 2.75) is 20.0 Å². The maximum Gasteiger partial charge on any atom is 0.268 e. The molecule has 0 saturated carbocycles. The molecule has 0 aliphatic heterocycles. The summed E-state index contributed by atoms with van der Waals surface area (Å²) in [7, 11) is 3.52. The number of hydrogen-bond donors (Lipinski definition) is 1. The van der Waals surface area contributed by atoms with Crippen LogP contribution in [0.5, 0.6) is 5.75 Å². The third-order valence-electron chi connectivity index (χ3n) is 4.96. The lowest BCUT2D eigenvalue weighted by Gasteiger charge is -2.08. The Bertz CT molecular complexity index is 1140. The van der Waals surface area contributed by atoms with Gasteiger partial charge in [0.15, 0.2) is 0 Å². The molecule has 0 unspecified atom stereocenters. The lowest BCUT2D eigenvalue weighted by atomic mass is 10.2. The average Bonchev–Trinajstić information content (AvgIpc) is 3.23. The van der Waals surface area contributed by atoms with E-state index in [1.807, 2.05) is 60.1 Å². The van der Waals surface area contributed by atoms with Gasteiger partial charge in [-0.1, -0.05) is 18.2 Å². The smallest absolute Gasteiger partial charge is 0.268 e. The molecule has 1 N–H and O–H groups in total. The molecule has 1 amide bonds. The van der Waals surface area contributed by atoms with Crippen molar-refractivity contribution in [2.24, 2.45) is 7.05 Å². The second-order valence-corrected chi connectivity index (χ2v) is 6.43. The van der Waals surface area contributed by atoms with E-state index in [9.17, 15) is 4.79 Å². The minimum atomic E-state index is -0.134. The summed E-state index contributed by atoms with van der Waals surface area (Å²) in [5.74, 6) is 1.48. The molecule has 0 aliphatic rings. The summed E-state index contributed by atoms with van der Waals surface area (Å²) in [5, 5.41) is 3.93. The summed E-state index contributed by atoms with van der Waals surface area (Å²) in [4.78, 5) is 17.5. The highest BCUT2D eigenvalue weighted by Crippen LogP contribution is 2.28. The molecule has 2 aromatic heterocycles. The molecule has 0 spiro atoms. The van der Waals surface area contributed by atoms with Crippen LogP contribution < -0.4 is 10.1 Å². The van der Waals surface area contributed by atoms with Crippen LogP contribution in [0.25, 0.3) is 21.9 Å². The first-order valence-electron chi connectivity index (χ1n) is 8.98. The Labute approximate surface area is 157 Å². The van der Waals surface area contributed by atoms with E-state index < -0.39 is 0 Å². The molecule has 4 aromatic rings. The van der Waals surface area contributed by atoms with Crippen LogP contribution >= 0.6 is 0 Å². The predicted molar refractivity (Wildman–Crippen MR) is 106 cm³/mol. The van der Waals surface area contributed by atoms with Crippen molar-refractivity contribution >= 4 is 27.8 Å². The van der Waals surface area contributed by atoms with Gasteiger partial charge in [0.05, 0.1) is 30.2 Å². The minimum Gasteiger partial charge on any atom is -0.496 e. The van der Waals surface area contributed by atoms with Gasteiger partial charge in [0, 0.05) is 19.0 Å². The second-order valence-electron chi connectivity index (χ2n) is 6.43. The highest BCUT2D eigenvalue weighted by Gasteiger charge is 2.17. The molecule has 0 bridgehead atoms. The Kier molecular flexibility index (Phi) is 4.32. The van der Waals surface area contributed by atoms with Crippen molar-refractivity contribution < 1.29 is 9.53 Å². The highest BCUT2D eigenvalue weighted by molar-refractivity contribution is 6.00. The van der Waals surface area contributed by atoms with E-state index in [1.54, 1.807) is 7.11 Å². The molecule has 0 radical (unpaired) electrons. The Hall–Kier alpha value is -3.28. The van der Waals surface area contributed by atoms with Crippen LogP contribution in [0, 0.1) is 0 Å². The molecule has 4 rings (SSSR count). The molecular formula is C21H22N4O2. The third kappa shape index (κ3) is 2.83. The lowest BCUT2D eigenvalue weighted by molar-refractivity contribution is 0.0942. The first-order valence-corrected chi connectivity index (χ1v) is 8.98. The number of nitrogens with zero attached hydrogens (tertiary/aromatic N) is 3. The van der Waals surface area contributed by atoms with E-state index >= 15 is 0 Å². The van der Waals surface area contributed by atoms with E-state index in [0.717, 1.165) is 40.1 Å². The van der Waals surface area contributed by atoms with Gasteiger partial charge in [-0.15, -0.1) is 0 Å². The average molecular weight is 362 g/mol. The normalized spacial score (nSPS) is 11.2. The summed E-state index contributed by atoms with van der Waals surface area (Å²) in [6.45, 7) is 3.26. The number of fused-ring (bicyclic) bond motifs is 2. The fourth-order valence-electron chi connectivity index (χ4n) is 3.59. The summed E-state index contributed by atoms with van der Waals surface area (Å²) in [5.41, 5.74) is 3.57. The van der Waals surface area contributed by atoms with Crippen molar-refractivity contribution in [1.82, 2.24) is 19.4 Å². The van der Waals surface area contributed by atoms with Gasteiger partial charge in [-0.25, -0.2) is 4.98 Å². The SMILES string of the molecule is CCn1c(CNC(=O)c2cc3c(OC)cccc3n2C)nc2ccccc21. The third-order valence-corrected chi connectivity index (χ3v) is 4.96. The van der Waals surface area contributed by atoms with Crippen molar-refractivity contribution in [1.29, 1.82) is 0 Å². The van der Waals surface area contributed by atoms with Crippen LogP contribution in [0.4, 0.5) is 0 Å². The molecule has 2 aromatic carbocycles. The molecule has 0 fully saturated rings. The fraction of sp³-hybridized carbons (Fsp3) is 0.238. The van der Waals surface area contributed by atoms with E-state index in [-0.39, 0.29) is 5.91 Å². The minimum absolute atomic E-state index is 0.134. The predicted octanol–water partition coefficient (Wildman–Crippen LogP) is 3.49. The van der Waals surface area contributed by atoms with Crippen LogP contribution in [-0.4, -0.2) is 27.1 Å². The van der Waals surface area contributed by atoms with Crippen LogP contribution in [-0.2, 0) is 20.1 Å². The van der Waals surface area contributed by atoms with E-state index in [1.165, 1.54) is 0 Å². The number of amides is 1. The molecule has 0 atom stereocenters. The van der Waals surface area contributed by atoms with Crippen molar-refractivity contribution in [2.75, 3.05) is 7.11 Å². The lowest BCUT2D eigenvalue weighted by Crippen LogP contribution is -2.26. The summed E-state index contributed by atoms with van der Waals surface area (Å²) < 4.78 is 9.42. The number of imidazole rings is 1. The van der Waals surface area contributed by atoms with E-state index in [4.69, 9.17) is 4.74 Å². The first kappa shape index (κ1) is 17.1. The van der Waals surface area contributed by atoms with Crippen LogP contribution in [0.1, 0.15) is 23.2 Å². The number of carbonyl (C=O) groups excluding carboxylic acids is 1. The number of para-hydroxylation sites is 2. The number of nitrogens with one attached hydrogen (secondary N) is 1. The maximum atomic E-state index is 12.8. The van der Waals surface area contributed by atoms with Gasteiger partial charge < -0.3 is 19.2 Å². The van der Waals surface area contributed by atoms with E-state index in [2.05, 4.69) is 21.8 Å². The van der Waals surface area contributed by atoms with Crippen LogP contribution in [0.2, 0.25) is 0 Å². The summed E-state index contributed by atoms with van der Waals surface area (Å²) in [6.07, 6.45) is 0. The van der Waals surface area contributed by atoms with Crippen LogP contribution in [0.3, 0.4) is 0 Å². The van der Waals surface area contributed by atoms with Gasteiger partial charge >= 0.3 is 0 Å². The van der Waals surface area contributed by atoms with Gasteiger partial charge in [-0.3, -0.25) is 4.79 Å². The topological polar surface area (TPSA) is 61.1 Å². The zero-order valence-corrected chi connectivity index (χ0v) is 15.7. The Morgan fingerprint density at radius 3 is 2.70 bits per heavy atom. The summed E-state index contributed by atoms with van der Waals surface area (Å²) in [6, 6.07) is 15.7. The number of aromatic nitrogens is 3.